The Morgan fingerprint density at radius 1 is 0.625 bits per heavy atom. The highest BCUT2D eigenvalue weighted by Gasteiger charge is 2.61. The number of hydrogen-bond donors (Lipinski definition) is 0. The Kier molecular flexibility index (Phi) is 14.6. The summed E-state index contributed by atoms with van der Waals surface area (Å²) in [6, 6.07) is 8.45. The van der Waals surface area contributed by atoms with Gasteiger partial charge in [0.2, 0.25) is 0 Å². The molecule has 2 amide bonds. The van der Waals surface area contributed by atoms with E-state index in [4.69, 9.17) is 14.2 Å². The van der Waals surface area contributed by atoms with Crippen molar-refractivity contribution in [3.63, 3.8) is 0 Å². The van der Waals surface area contributed by atoms with E-state index in [-0.39, 0.29) is 95.8 Å². The van der Waals surface area contributed by atoms with Crippen molar-refractivity contribution >= 4 is 35.1 Å². The van der Waals surface area contributed by atoms with E-state index in [0.29, 0.717) is 74.3 Å². The number of esters is 2. The SMILES string of the molecule is CC(CC1C=C(c2cccnc2)[C@@]2(C)CC[C@H]3[C@@H](CC=C4C[C@@H](OC(=O)C5CCN(C(=O)C(F)(F)F)CC5)CC[C@@]43C)[C@H]12)OC(=O)N1CCC(C(=O)O[C@H]2CC[C@@]3(C)C(=CC[C@@H]4[C@@H]3CC[C@]3(C)C(c5cccnc5)=CC[C@@H]43)C2)CC1. The van der Waals surface area contributed by atoms with E-state index in [2.05, 4.69) is 80.2 Å². The zero-order chi connectivity index (χ0) is 55.9. The van der Waals surface area contributed by atoms with Crippen molar-refractivity contribution in [3.8, 4) is 0 Å². The van der Waals surface area contributed by atoms with Crippen LogP contribution in [0.25, 0.3) is 11.1 Å². The first kappa shape index (κ1) is 55.3. The molecular formula is C66H83F3N4O7. The van der Waals surface area contributed by atoms with E-state index in [1.807, 2.05) is 37.8 Å². The maximum Gasteiger partial charge on any atom is 0.471 e. The van der Waals surface area contributed by atoms with E-state index in [9.17, 15) is 32.3 Å². The molecule has 12 rings (SSSR count). The Balaban J connectivity index is 0.641. The highest BCUT2D eigenvalue weighted by Crippen LogP contribution is 2.69. The first-order chi connectivity index (χ1) is 38.3. The molecule has 2 aromatic rings. The lowest BCUT2D eigenvalue weighted by atomic mass is 9.46. The molecule has 14 heteroatoms. The largest absolute Gasteiger partial charge is 0.471 e. The van der Waals surface area contributed by atoms with Gasteiger partial charge in [-0.15, -0.1) is 0 Å². The van der Waals surface area contributed by atoms with Gasteiger partial charge in [0.1, 0.15) is 18.3 Å². The molecule has 2 unspecified atom stereocenters. The topological polar surface area (TPSA) is 128 Å². The van der Waals surface area contributed by atoms with Crippen molar-refractivity contribution in [2.45, 2.75) is 175 Å². The normalized spacial score (nSPS) is 37.4. The predicted octanol–water partition coefficient (Wildman–Crippen LogP) is 13.6. The number of alkyl halides is 3. The molecule has 2 aromatic heterocycles. The van der Waals surface area contributed by atoms with Gasteiger partial charge in [-0.05, 0) is 207 Å². The maximum absolute atomic E-state index is 14.0. The van der Waals surface area contributed by atoms with Gasteiger partial charge in [0.05, 0.1) is 11.8 Å². The Morgan fingerprint density at radius 2 is 1.14 bits per heavy atom. The standard InChI is InChI=1S/C66H83F3N4O7/c1-40(78-61(77)73-32-22-42(23-33-73)59(75)80-48-16-24-62(2)46(36-48)10-12-50-53-15-14-52(43-8-6-28-70-38-43)64(53,4)26-18-54(50)62)34-45-35-56(44-9-7-29-71-39-44)65(5)27-19-55-51(57(45)65)13-11-47-37-49(17-25-63(47,55)3)79-58(74)41-20-30-72(31-21-41)60(76)66(67,68)69/h6-11,14,28-29,35,38-42,45,48-51,53-55,57H,12-13,15-27,30-34,36-37H2,1-5H3/t40?,45?,48-,49-,50-,51+,53-,54-,55-,57-,62-,63-,64+,65+/m0/s1. The average Bonchev–Trinajstić information content (AvgIpc) is 2.59. The molecule has 0 spiro atoms. The van der Waals surface area contributed by atoms with Crippen LogP contribution in [0, 0.1) is 74.9 Å². The van der Waals surface area contributed by atoms with E-state index < -0.39 is 18.0 Å². The Hall–Kier alpha value is -5.27. The van der Waals surface area contributed by atoms with Gasteiger partial charge in [0.15, 0.2) is 0 Å². The second-order valence-electron chi connectivity index (χ2n) is 27.3. The van der Waals surface area contributed by atoms with Gasteiger partial charge in [-0.1, -0.05) is 75.3 Å². The minimum Gasteiger partial charge on any atom is -0.462 e. The molecule has 430 valence electrons. The van der Waals surface area contributed by atoms with Gasteiger partial charge in [0.25, 0.3) is 0 Å². The number of nitrogens with zero attached hydrogens (tertiary/aromatic N) is 4. The fourth-order valence-corrected chi connectivity index (χ4v) is 19.0. The summed E-state index contributed by atoms with van der Waals surface area (Å²) < 4.78 is 58.0. The number of piperidine rings is 2. The second-order valence-corrected chi connectivity index (χ2v) is 27.3. The number of fused-ring (bicyclic) bond motifs is 10. The lowest BCUT2D eigenvalue weighted by Crippen LogP contribution is -2.51. The molecule has 0 radical (unpaired) electrons. The Labute approximate surface area is 471 Å². The molecule has 8 aliphatic carbocycles. The Bertz CT molecular complexity index is 2840. The number of halogens is 3. The lowest BCUT2D eigenvalue weighted by Gasteiger charge is -2.58. The van der Waals surface area contributed by atoms with Gasteiger partial charge in [-0.3, -0.25) is 24.4 Å². The van der Waals surface area contributed by atoms with Crippen LogP contribution in [0.2, 0.25) is 0 Å². The van der Waals surface area contributed by atoms with Gasteiger partial charge in [0, 0.05) is 63.8 Å². The van der Waals surface area contributed by atoms with Crippen molar-refractivity contribution < 1.29 is 46.6 Å². The van der Waals surface area contributed by atoms with Gasteiger partial charge >= 0.3 is 30.1 Å². The van der Waals surface area contributed by atoms with Crippen LogP contribution in [0.15, 0.2) is 84.5 Å². The summed E-state index contributed by atoms with van der Waals surface area (Å²) in [7, 11) is 0. The summed E-state index contributed by atoms with van der Waals surface area (Å²) in [5.41, 5.74) is 8.23. The summed E-state index contributed by atoms with van der Waals surface area (Å²) in [6.07, 6.45) is 26.5. The predicted molar refractivity (Wildman–Crippen MR) is 297 cm³/mol. The molecule has 0 bridgehead atoms. The third-order valence-corrected chi connectivity index (χ3v) is 23.3. The molecule has 6 fully saturated rings. The van der Waals surface area contributed by atoms with Crippen LogP contribution in [-0.4, -0.2) is 94.4 Å². The number of likely N-dealkylation sites (tertiary alicyclic amines) is 2. The summed E-state index contributed by atoms with van der Waals surface area (Å²) >= 11 is 0. The van der Waals surface area contributed by atoms with E-state index in [1.165, 1.54) is 40.7 Å². The summed E-state index contributed by atoms with van der Waals surface area (Å²) in [4.78, 5) is 64.6. The van der Waals surface area contributed by atoms with Crippen LogP contribution in [0.5, 0.6) is 0 Å². The number of allylic oxidation sites excluding steroid dienone is 6. The second kappa shape index (κ2) is 21.2. The quantitative estimate of drug-likeness (QED) is 0.137. The number of pyridine rings is 2. The van der Waals surface area contributed by atoms with Crippen LogP contribution in [0.4, 0.5) is 18.0 Å². The molecule has 80 heavy (non-hydrogen) atoms. The van der Waals surface area contributed by atoms with Gasteiger partial charge in [-0.25, -0.2) is 4.79 Å². The number of carbonyl (C=O) groups is 4. The smallest absolute Gasteiger partial charge is 0.462 e. The van der Waals surface area contributed by atoms with E-state index in [1.54, 1.807) is 4.90 Å². The van der Waals surface area contributed by atoms with Crippen molar-refractivity contribution in [2.75, 3.05) is 26.2 Å². The molecule has 14 atom stereocenters. The molecule has 0 N–H and O–H groups in total. The molecule has 4 saturated carbocycles. The van der Waals surface area contributed by atoms with Crippen molar-refractivity contribution in [3.05, 3.63) is 95.6 Å². The van der Waals surface area contributed by atoms with Crippen molar-refractivity contribution in [1.29, 1.82) is 0 Å². The molecule has 2 saturated heterocycles. The molecule has 10 aliphatic rings. The molecule has 0 aromatic carbocycles. The molecule has 11 nitrogen and oxygen atoms in total. The summed E-state index contributed by atoms with van der Waals surface area (Å²) in [5.74, 6) is 0.126. The maximum atomic E-state index is 14.0. The van der Waals surface area contributed by atoms with Crippen LogP contribution in [-0.2, 0) is 28.6 Å². The summed E-state index contributed by atoms with van der Waals surface area (Å²) in [5, 5.41) is 0. The zero-order valence-electron chi connectivity index (χ0n) is 47.7. The number of ether oxygens (including phenoxy) is 3. The minimum absolute atomic E-state index is 0.0676. The van der Waals surface area contributed by atoms with Crippen LogP contribution in [0.1, 0.15) is 161 Å². The monoisotopic (exact) mass is 1100 g/mol. The lowest BCUT2D eigenvalue weighted by molar-refractivity contribution is -0.187. The molecular weight excluding hydrogens is 1020 g/mol. The van der Waals surface area contributed by atoms with Crippen LogP contribution < -0.4 is 0 Å². The van der Waals surface area contributed by atoms with Gasteiger partial charge in [-0.2, -0.15) is 13.2 Å². The highest BCUT2D eigenvalue weighted by atomic mass is 19.4. The van der Waals surface area contributed by atoms with Gasteiger partial charge < -0.3 is 24.0 Å². The zero-order valence-corrected chi connectivity index (χ0v) is 47.7. The highest BCUT2D eigenvalue weighted by molar-refractivity contribution is 5.82. The van der Waals surface area contributed by atoms with E-state index in [0.717, 1.165) is 74.7 Å². The fourth-order valence-electron chi connectivity index (χ4n) is 19.0. The van der Waals surface area contributed by atoms with Crippen LogP contribution in [0.3, 0.4) is 0 Å². The first-order valence-electron chi connectivity index (χ1n) is 30.6. The summed E-state index contributed by atoms with van der Waals surface area (Å²) in [6.45, 7) is 12.6. The number of hydrogen-bond acceptors (Lipinski definition) is 9. The van der Waals surface area contributed by atoms with E-state index >= 15 is 0 Å². The molecule has 4 heterocycles. The van der Waals surface area contributed by atoms with Crippen LogP contribution >= 0.6 is 0 Å². The number of aromatic nitrogens is 2. The molecule has 2 aliphatic heterocycles. The fraction of sp³-hybridized carbons (Fsp3) is 0.667. The third kappa shape index (κ3) is 9.77. The van der Waals surface area contributed by atoms with Crippen molar-refractivity contribution in [1.82, 2.24) is 19.8 Å². The van der Waals surface area contributed by atoms with Crippen molar-refractivity contribution in [2.24, 2.45) is 74.9 Å². The number of rotatable bonds is 9. The number of amides is 2. The third-order valence-electron chi connectivity index (χ3n) is 23.3. The average molecular weight is 1100 g/mol. The Morgan fingerprint density at radius 3 is 1.69 bits per heavy atom. The first-order valence-corrected chi connectivity index (χ1v) is 30.6. The minimum atomic E-state index is -4.92. The number of carbonyl (C=O) groups excluding carboxylic acids is 4.